The van der Waals surface area contributed by atoms with Gasteiger partial charge in [0.15, 0.2) is 6.04 Å². The molecule has 7 heteroatoms. The molecule has 0 radical (unpaired) electrons. The summed E-state index contributed by atoms with van der Waals surface area (Å²) in [5.74, 6) is 0.720. The Morgan fingerprint density at radius 2 is 1.76 bits per heavy atom. The van der Waals surface area contributed by atoms with E-state index in [2.05, 4.69) is 11.1 Å². The molecular weight excluding hydrogens is 383 g/mol. The molecule has 1 amide bonds. The fourth-order valence-electron chi connectivity index (χ4n) is 2.02. The summed E-state index contributed by atoms with van der Waals surface area (Å²) in [5, 5.41) is 3.91. The number of benzene rings is 2. The number of quaternary nitrogens is 1. The van der Waals surface area contributed by atoms with Crippen LogP contribution in [0.3, 0.4) is 0 Å². The Balaban J connectivity index is 0.00000312. The Morgan fingerprint density at radius 3 is 2.36 bits per heavy atom. The Bertz CT molecular complexity index is 693. The van der Waals surface area contributed by atoms with Crippen LogP contribution >= 0.6 is 23.2 Å². The number of halogens is 3. The van der Waals surface area contributed by atoms with E-state index >= 15 is 0 Å². The molecule has 0 aliphatic rings. The summed E-state index contributed by atoms with van der Waals surface area (Å²) in [7, 11) is 0. The average Bonchev–Trinajstić information content (AvgIpc) is 2.60. The first-order valence-electron chi connectivity index (χ1n) is 7.76. The Morgan fingerprint density at radius 1 is 1.12 bits per heavy atom. The quantitative estimate of drug-likeness (QED) is 0.694. The average molecular weight is 404 g/mol. The Labute approximate surface area is 164 Å². The second-order valence-electron chi connectivity index (χ2n) is 5.50. The predicted molar refractivity (Wildman–Crippen MR) is 96.0 cm³/mol. The molecule has 2 aromatic carbocycles. The van der Waals surface area contributed by atoms with Gasteiger partial charge in [0.25, 0.3) is 5.91 Å². The van der Waals surface area contributed by atoms with Crippen molar-refractivity contribution in [3.05, 3.63) is 63.6 Å². The van der Waals surface area contributed by atoms with Gasteiger partial charge >= 0.3 is 0 Å². The van der Waals surface area contributed by atoms with E-state index in [4.69, 9.17) is 27.9 Å². The number of hydrogen-bond acceptors (Lipinski definition) is 2. The Hall–Kier alpha value is -1.46. The molecule has 136 valence electrons. The van der Waals surface area contributed by atoms with Crippen LogP contribution in [0.25, 0.3) is 0 Å². The molecule has 0 saturated carbocycles. The van der Waals surface area contributed by atoms with Crippen molar-refractivity contribution in [3.8, 4) is 5.75 Å². The minimum atomic E-state index is -0.209. The van der Waals surface area contributed by atoms with E-state index in [-0.39, 0.29) is 24.4 Å². The first-order chi connectivity index (χ1) is 11.5. The third kappa shape index (κ3) is 6.75. The molecule has 0 heterocycles. The molecule has 4 N–H and O–H groups in total. The van der Waals surface area contributed by atoms with Crippen molar-refractivity contribution in [3.63, 3.8) is 0 Å². The molecular formula is C18H21Cl3N2O2. The van der Waals surface area contributed by atoms with Crippen LogP contribution in [0, 0.1) is 0 Å². The second-order valence-corrected chi connectivity index (χ2v) is 6.32. The summed E-state index contributed by atoms with van der Waals surface area (Å²) in [6, 6.07) is 12.8. The lowest BCUT2D eigenvalue weighted by atomic mass is 10.2. The molecule has 0 bridgehead atoms. The monoisotopic (exact) mass is 402 g/mol. The highest BCUT2D eigenvalue weighted by molar-refractivity contribution is 6.42. The molecule has 2 aromatic rings. The lowest BCUT2D eigenvalue weighted by Crippen LogP contribution is -3.00. The molecule has 0 unspecified atom stereocenters. The smallest absolute Gasteiger partial charge is 0.278 e. The normalized spacial score (nSPS) is 11.4. The molecule has 2 rings (SSSR count). The van der Waals surface area contributed by atoms with Gasteiger partial charge in [-0.15, -0.1) is 0 Å². The second kappa shape index (κ2) is 10.5. The van der Waals surface area contributed by atoms with Gasteiger partial charge in [0.05, 0.1) is 10.0 Å². The first kappa shape index (κ1) is 21.6. The van der Waals surface area contributed by atoms with Crippen LogP contribution in [0.15, 0.2) is 42.5 Å². The number of carbonyl (C=O) groups is 1. The van der Waals surface area contributed by atoms with Gasteiger partial charge in [0, 0.05) is 13.0 Å². The lowest BCUT2D eigenvalue weighted by molar-refractivity contribution is -0.404. The molecule has 0 aliphatic heterocycles. The molecule has 0 aromatic heterocycles. The van der Waals surface area contributed by atoms with Crippen molar-refractivity contribution < 1.29 is 27.7 Å². The molecule has 0 saturated heterocycles. The van der Waals surface area contributed by atoms with Gasteiger partial charge in [-0.2, -0.15) is 0 Å². The maximum absolute atomic E-state index is 11.7. The van der Waals surface area contributed by atoms with Gasteiger partial charge in [-0.3, -0.25) is 4.79 Å². The number of nitrogens with one attached hydrogen (secondary N) is 1. The first-order valence-corrected chi connectivity index (χ1v) is 8.51. The van der Waals surface area contributed by atoms with Crippen LogP contribution in [-0.2, 0) is 17.9 Å². The largest absolute Gasteiger partial charge is 1.00 e. The van der Waals surface area contributed by atoms with E-state index in [1.165, 1.54) is 0 Å². The zero-order valence-electron chi connectivity index (χ0n) is 13.9. The number of carbonyl (C=O) groups excluding carboxylic acids is 1. The maximum atomic E-state index is 11.7. The standard InChI is InChI=1S/C18H20Cl2N2O2.ClH/c1-2-17(21)18(23)22-10-12-3-6-14(7-4-12)24-11-13-5-8-15(19)16(20)9-13;/h3-9,17H,2,10-11,21H2,1H3,(H,22,23);1H/t17-;/m0./s1. The van der Waals surface area contributed by atoms with Gasteiger partial charge in [-0.05, 0) is 35.4 Å². The molecule has 25 heavy (non-hydrogen) atoms. The predicted octanol–water partition coefficient (Wildman–Crippen LogP) is 0.213. The molecule has 0 spiro atoms. The van der Waals surface area contributed by atoms with Crippen LogP contribution in [0.2, 0.25) is 10.0 Å². The van der Waals surface area contributed by atoms with Crippen molar-refractivity contribution in [2.24, 2.45) is 0 Å². The number of rotatable bonds is 7. The summed E-state index contributed by atoms with van der Waals surface area (Å²) < 4.78 is 5.72. The third-order valence-electron chi connectivity index (χ3n) is 3.64. The van der Waals surface area contributed by atoms with Crippen LogP contribution in [-0.4, -0.2) is 11.9 Å². The van der Waals surface area contributed by atoms with E-state index in [0.29, 0.717) is 23.2 Å². The maximum Gasteiger partial charge on any atom is 0.278 e. The van der Waals surface area contributed by atoms with Crippen LogP contribution in [0.1, 0.15) is 24.5 Å². The van der Waals surface area contributed by atoms with E-state index in [1.807, 2.05) is 37.3 Å². The third-order valence-corrected chi connectivity index (χ3v) is 4.38. The fraction of sp³-hybridized carbons (Fsp3) is 0.278. The summed E-state index contributed by atoms with van der Waals surface area (Å²) in [4.78, 5) is 11.7. The van der Waals surface area contributed by atoms with Crippen molar-refractivity contribution in [1.29, 1.82) is 0 Å². The van der Waals surface area contributed by atoms with E-state index < -0.39 is 0 Å². The van der Waals surface area contributed by atoms with Crippen LogP contribution in [0.5, 0.6) is 5.75 Å². The van der Waals surface area contributed by atoms with Gasteiger partial charge in [0.1, 0.15) is 12.4 Å². The Kier molecular flexibility index (Phi) is 9.08. The van der Waals surface area contributed by atoms with Crippen molar-refractivity contribution in [2.45, 2.75) is 32.5 Å². The van der Waals surface area contributed by atoms with Gasteiger partial charge < -0.3 is 28.2 Å². The van der Waals surface area contributed by atoms with E-state index in [9.17, 15) is 4.79 Å². The minimum absolute atomic E-state index is 0. The minimum Gasteiger partial charge on any atom is -1.00 e. The SMILES string of the molecule is CC[C@H]([NH3+])C(=O)NCc1ccc(OCc2ccc(Cl)c(Cl)c2)cc1.[Cl-]. The fourth-order valence-corrected chi connectivity index (χ4v) is 2.34. The van der Waals surface area contributed by atoms with Gasteiger partial charge in [-0.25, -0.2) is 0 Å². The highest BCUT2D eigenvalue weighted by atomic mass is 35.5. The van der Waals surface area contributed by atoms with Crippen molar-refractivity contribution in [2.75, 3.05) is 0 Å². The van der Waals surface area contributed by atoms with Crippen LogP contribution in [0.4, 0.5) is 0 Å². The van der Waals surface area contributed by atoms with Crippen molar-refractivity contribution >= 4 is 29.1 Å². The highest BCUT2D eigenvalue weighted by Crippen LogP contribution is 2.23. The number of hydrogen-bond donors (Lipinski definition) is 2. The summed E-state index contributed by atoms with van der Waals surface area (Å²) >= 11 is 11.9. The molecule has 4 nitrogen and oxygen atoms in total. The summed E-state index contributed by atoms with van der Waals surface area (Å²) in [6.45, 7) is 2.84. The highest BCUT2D eigenvalue weighted by Gasteiger charge is 2.13. The number of ether oxygens (including phenoxy) is 1. The topological polar surface area (TPSA) is 66.0 Å². The van der Waals surface area contributed by atoms with E-state index in [0.717, 1.165) is 23.3 Å². The number of amides is 1. The zero-order chi connectivity index (χ0) is 17.5. The van der Waals surface area contributed by atoms with Crippen LogP contribution < -0.4 is 28.2 Å². The van der Waals surface area contributed by atoms with Gasteiger partial charge in [-0.1, -0.05) is 48.3 Å². The van der Waals surface area contributed by atoms with Gasteiger partial charge in [0.2, 0.25) is 0 Å². The van der Waals surface area contributed by atoms with Crippen molar-refractivity contribution in [1.82, 2.24) is 5.32 Å². The lowest BCUT2D eigenvalue weighted by Gasteiger charge is -2.10. The van der Waals surface area contributed by atoms with E-state index in [1.54, 1.807) is 12.1 Å². The molecule has 0 fully saturated rings. The zero-order valence-corrected chi connectivity index (χ0v) is 16.2. The summed E-state index contributed by atoms with van der Waals surface area (Å²) in [6.07, 6.45) is 0.729. The molecule has 0 aliphatic carbocycles. The molecule has 1 atom stereocenters. The summed E-state index contributed by atoms with van der Waals surface area (Å²) in [5.41, 5.74) is 5.75.